The lowest BCUT2D eigenvalue weighted by Gasteiger charge is -2.05. The maximum Gasteiger partial charge on any atom is 0.341 e. The van der Waals surface area contributed by atoms with Gasteiger partial charge in [0.15, 0.2) is 0 Å². The third-order valence-electron chi connectivity index (χ3n) is 2.41. The van der Waals surface area contributed by atoms with E-state index in [1.54, 1.807) is 0 Å². The summed E-state index contributed by atoms with van der Waals surface area (Å²) < 4.78 is 0. The van der Waals surface area contributed by atoms with Crippen LogP contribution in [0.1, 0.15) is 20.7 Å². The van der Waals surface area contributed by atoms with Gasteiger partial charge in [-0.1, -0.05) is 11.6 Å². The molecule has 0 fully saturated rings. The summed E-state index contributed by atoms with van der Waals surface area (Å²) in [6, 6.07) is 3.89. The number of carbonyl (C=O) groups is 2. The molecule has 6 nitrogen and oxygen atoms in total. The zero-order valence-electron chi connectivity index (χ0n) is 8.86. The van der Waals surface area contributed by atoms with Crippen molar-refractivity contribution in [1.82, 2.24) is 4.98 Å². The Morgan fingerprint density at radius 2 is 1.89 bits per heavy atom. The Kier molecular flexibility index (Phi) is 2.80. The number of rotatable bonds is 2. The highest BCUT2D eigenvalue weighted by molar-refractivity contribution is 6.32. The molecular formula is C11H7ClN2O4. The van der Waals surface area contributed by atoms with E-state index in [4.69, 9.17) is 22.4 Å². The zero-order chi connectivity index (χ0) is 13.4. The number of aromatic nitrogens is 1. The minimum atomic E-state index is -1.36. The number of hydrogen-bond donors (Lipinski definition) is 3. The molecule has 2 rings (SSSR count). The summed E-state index contributed by atoms with van der Waals surface area (Å²) in [5.41, 5.74) is 4.13. The largest absolute Gasteiger partial charge is 0.477 e. The standard InChI is InChI=1S/C11H7ClN2O4/c12-5-1-4-2-7(11(17)18)10(16)14-8(4)6(3-5)9(13)15/h1-3H,(H2,13,15)(H,14,16)(H,17,18). The van der Waals surface area contributed by atoms with E-state index in [0.29, 0.717) is 5.39 Å². The topological polar surface area (TPSA) is 113 Å². The molecule has 0 aliphatic carbocycles. The molecule has 0 saturated heterocycles. The lowest BCUT2D eigenvalue weighted by molar-refractivity contribution is 0.0695. The molecule has 92 valence electrons. The van der Waals surface area contributed by atoms with Crippen LogP contribution >= 0.6 is 11.6 Å². The molecule has 1 amide bonds. The van der Waals surface area contributed by atoms with Gasteiger partial charge in [-0.05, 0) is 18.2 Å². The average Bonchev–Trinajstić information content (AvgIpc) is 2.27. The van der Waals surface area contributed by atoms with Crippen molar-refractivity contribution in [3.8, 4) is 0 Å². The van der Waals surface area contributed by atoms with Gasteiger partial charge in [0.05, 0.1) is 11.1 Å². The first-order valence-electron chi connectivity index (χ1n) is 4.80. The maximum atomic E-state index is 11.5. The highest BCUT2D eigenvalue weighted by Crippen LogP contribution is 2.22. The smallest absolute Gasteiger partial charge is 0.341 e. The van der Waals surface area contributed by atoms with Crippen molar-refractivity contribution >= 4 is 34.4 Å². The summed E-state index contributed by atoms with van der Waals surface area (Å²) in [4.78, 5) is 35.9. The second kappa shape index (κ2) is 4.15. The summed E-state index contributed by atoms with van der Waals surface area (Å²) in [6.45, 7) is 0. The van der Waals surface area contributed by atoms with Crippen LogP contribution in [0.3, 0.4) is 0 Å². The first kappa shape index (κ1) is 12.1. The van der Waals surface area contributed by atoms with Gasteiger partial charge in [0, 0.05) is 10.4 Å². The number of carboxylic acids is 1. The van der Waals surface area contributed by atoms with E-state index >= 15 is 0 Å². The Morgan fingerprint density at radius 1 is 1.22 bits per heavy atom. The highest BCUT2D eigenvalue weighted by atomic mass is 35.5. The molecule has 1 heterocycles. The van der Waals surface area contributed by atoms with Crippen LogP contribution in [0.4, 0.5) is 0 Å². The maximum absolute atomic E-state index is 11.5. The number of hydrogen-bond acceptors (Lipinski definition) is 3. The molecule has 0 saturated carbocycles. The van der Waals surface area contributed by atoms with Crippen LogP contribution in [0.25, 0.3) is 10.9 Å². The lowest BCUT2D eigenvalue weighted by atomic mass is 10.1. The van der Waals surface area contributed by atoms with E-state index in [1.165, 1.54) is 12.1 Å². The summed E-state index contributed by atoms with van der Waals surface area (Å²) in [5, 5.41) is 9.38. The van der Waals surface area contributed by atoms with Gasteiger partial charge in [-0.25, -0.2) is 4.79 Å². The van der Waals surface area contributed by atoms with Crippen molar-refractivity contribution in [3.63, 3.8) is 0 Å². The molecule has 0 atom stereocenters. The second-order valence-corrected chi connectivity index (χ2v) is 4.04. The predicted molar refractivity (Wildman–Crippen MR) is 65.1 cm³/mol. The first-order valence-corrected chi connectivity index (χ1v) is 5.17. The fourth-order valence-corrected chi connectivity index (χ4v) is 1.86. The van der Waals surface area contributed by atoms with Crippen LogP contribution in [0.15, 0.2) is 23.0 Å². The van der Waals surface area contributed by atoms with E-state index in [0.717, 1.165) is 6.07 Å². The minimum absolute atomic E-state index is 0.0338. The van der Waals surface area contributed by atoms with E-state index in [9.17, 15) is 14.4 Å². The zero-order valence-corrected chi connectivity index (χ0v) is 9.62. The van der Waals surface area contributed by atoms with Crippen molar-refractivity contribution in [2.45, 2.75) is 0 Å². The molecule has 18 heavy (non-hydrogen) atoms. The number of amides is 1. The molecule has 0 radical (unpaired) electrons. The van der Waals surface area contributed by atoms with Crippen molar-refractivity contribution in [2.24, 2.45) is 5.73 Å². The number of carbonyl (C=O) groups excluding carboxylic acids is 1. The summed E-state index contributed by atoms with van der Waals surface area (Å²) in [7, 11) is 0. The van der Waals surface area contributed by atoms with Gasteiger partial charge in [0.1, 0.15) is 5.56 Å². The third kappa shape index (κ3) is 1.93. The first-order chi connectivity index (χ1) is 8.40. The number of pyridine rings is 1. The van der Waals surface area contributed by atoms with Crippen LogP contribution in [-0.2, 0) is 0 Å². The molecule has 0 bridgehead atoms. The lowest BCUT2D eigenvalue weighted by Crippen LogP contribution is -2.19. The van der Waals surface area contributed by atoms with Crippen LogP contribution in [-0.4, -0.2) is 22.0 Å². The minimum Gasteiger partial charge on any atom is -0.477 e. The van der Waals surface area contributed by atoms with Crippen LogP contribution in [0, 0.1) is 0 Å². The Morgan fingerprint density at radius 3 is 2.44 bits per heavy atom. The van der Waals surface area contributed by atoms with E-state index in [1.807, 2.05) is 0 Å². The summed E-state index contributed by atoms with van der Waals surface area (Å²) in [6.07, 6.45) is 0. The Hall–Kier alpha value is -2.34. The van der Waals surface area contributed by atoms with Crippen molar-refractivity contribution in [1.29, 1.82) is 0 Å². The van der Waals surface area contributed by atoms with Crippen LogP contribution in [0.2, 0.25) is 5.02 Å². The highest BCUT2D eigenvalue weighted by Gasteiger charge is 2.14. The molecular weight excluding hydrogens is 260 g/mol. The predicted octanol–water partition coefficient (Wildman–Crippen LogP) is 0.979. The van der Waals surface area contributed by atoms with Crippen LogP contribution < -0.4 is 11.3 Å². The second-order valence-electron chi connectivity index (χ2n) is 3.60. The molecule has 7 heteroatoms. The molecule has 0 aliphatic rings. The van der Waals surface area contributed by atoms with Crippen molar-refractivity contribution in [3.05, 3.63) is 44.7 Å². The summed E-state index contributed by atoms with van der Waals surface area (Å²) >= 11 is 5.79. The Bertz CT molecular complexity index is 736. The van der Waals surface area contributed by atoms with Gasteiger partial charge in [0.2, 0.25) is 0 Å². The number of carboxylic acid groups (broad SMARTS) is 1. The fraction of sp³-hybridized carbons (Fsp3) is 0. The number of H-pyrrole nitrogens is 1. The van der Waals surface area contributed by atoms with Gasteiger partial charge in [-0.2, -0.15) is 0 Å². The number of fused-ring (bicyclic) bond motifs is 1. The molecule has 0 spiro atoms. The van der Waals surface area contributed by atoms with Gasteiger partial charge in [-0.3, -0.25) is 9.59 Å². The quantitative estimate of drug-likeness (QED) is 0.752. The number of aromatic amines is 1. The summed E-state index contributed by atoms with van der Waals surface area (Å²) in [5.74, 6) is -2.13. The van der Waals surface area contributed by atoms with Crippen LogP contribution in [0.5, 0.6) is 0 Å². The van der Waals surface area contributed by atoms with Gasteiger partial charge >= 0.3 is 5.97 Å². The molecule has 2 aromatic rings. The molecule has 1 aromatic carbocycles. The average molecular weight is 267 g/mol. The number of nitrogens with one attached hydrogen (secondary N) is 1. The normalized spacial score (nSPS) is 10.5. The number of nitrogens with two attached hydrogens (primary N) is 1. The number of aromatic carboxylic acids is 1. The van der Waals surface area contributed by atoms with Crippen molar-refractivity contribution in [2.75, 3.05) is 0 Å². The third-order valence-corrected chi connectivity index (χ3v) is 2.63. The number of benzene rings is 1. The van der Waals surface area contributed by atoms with Gasteiger partial charge in [-0.15, -0.1) is 0 Å². The number of halogens is 1. The van der Waals surface area contributed by atoms with E-state index in [2.05, 4.69) is 4.98 Å². The SMILES string of the molecule is NC(=O)c1cc(Cl)cc2cc(C(=O)O)c(=O)[nH]c12. The molecule has 0 unspecified atom stereocenters. The van der Waals surface area contributed by atoms with Gasteiger partial charge in [0.25, 0.3) is 11.5 Å². The molecule has 1 aromatic heterocycles. The number of primary amides is 1. The Balaban J connectivity index is 2.92. The molecule has 4 N–H and O–H groups in total. The fourth-order valence-electron chi connectivity index (χ4n) is 1.64. The van der Waals surface area contributed by atoms with E-state index in [-0.39, 0.29) is 16.1 Å². The monoisotopic (exact) mass is 266 g/mol. The van der Waals surface area contributed by atoms with Crippen molar-refractivity contribution < 1.29 is 14.7 Å². The van der Waals surface area contributed by atoms with E-state index < -0.39 is 23.0 Å². The Labute approximate surface area is 105 Å². The molecule has 0 aliphatic heterocycles. The van der Waals surface area contributed by atoms with Gasteiger partial charge < -0.3 is 15.8 Å².